The number of aliphatic hydroxyl groups excluding tert-OH is 1. The monoisotopic (exact) mass is 371 g/mol. The molecule has 136 valence electrons. The van der Waals surface area contributed by atoms with Crippen LogP contribution in [0.2, 0.25) is 5.02 Å². The van der Waals surface area contributed by atoms with Crippen molar-refractivity contribution >= 4 is 29.3 Å². The molecule has 0 aliphatic carbocycles. The second-order valence-electron chi connectivity index (χ2n) is 5.65. The van der Waals surface area contributed by atoms with Gasteiger partial charge in [0.05, 0.1) is 10.6 Å². The van der Waals surface area contributed by atoms with Gasteiger partial charge in [0, 0.05) is 19.1 Å². The molecule has 1 aromatic carbocycles. The van der Waals surface area contributed by atoms with Crippen molar-refractivity contribution in [2.24, 2.45) is 0 Å². The summed E-state index contributed by atoms with van der Waals surface area (Å²) in [6, 6.07) is 2.13. The van der Waals surface area contributed by atoms with Crippen LogP contribution in [0.25, 0.3) is 0 Å². The predicted octanol–water partition coefficient (Wildman–Crippen LogP) is 0.307. The lowest BCUT2D eigenvalue weighted by molar-refractivity contribution is -0.125. The van der Waals surface area contributed by atoms with Gasteiger partial charge < -0.3 is 20.6 Å². The Hall–Kier alpha value is -2.19. The molecule has 3 amide bonds. The molecule has 1 aromatic rings. The van der Waals surface area contributed by atoms with Crippen molar-refractivity contribution in [3.8, 4) is 0 Å². The quantitative estimate of drug-likeness (QED) is 0.693. The number of nitrogens with one attached hydrogen (secondary N) is 2. The van der Waals surface area contributed by atoms with Crippen molar-refractivity contribution in [2.75, 3.05) is 19.7 Å². The van der Waals surface area contributed by atoms with E-state index in [0.29, 0.717) is 6.54 Å². The lowest BCUT2D eigenvalue weighted by Crippen LogP contribution is -2.46. The zero-order valence-corrected chi connectivity index (χ0v) is 14.3. The number of hydrogen-bond donors (Lipinski definition) is 3. The molecule has 1 heterocycles. The fraction of sp³-hybridized carbons (Fsp3) is 0.438. The van der Waals surface area contributed by atoms with E-state index in [0.717, 1.165) is 12.1 Å². The van der Waals surface area contributed by atoms with Gasteiger partial charge in [-0.05, 0) is 31.5 Å². The first-order valence-corrected chi connectivity index (χ1v) is 8.19. The Morgan fingerprint density at radius 1 is 1.40 bits per heavy atom. The molecule has 0 bridgehead atoms. The first-order valence-electron chi connectivity index (χ1n) is 7.81. The molecule has 0 saturated carbocycles. The van der Waals surface area contributed by atoms with E-state index in [1.165, 1.54) is 11.0 Å². The van der Waals surface area contributed by atoms with Crippen LogP contribution in [0.15, 0.2) is 18.2 Å². The van der Waals surface area contributed by atoms with Gasteiger partial charge in [-0.25, -0.2) is 4.39 Å². The lowest BCUT2D eigenvalue weighted by Gasteiger charge is -2.24. The number of likely N-dealkylation sites (N-methyl/N-ethyl adjacent to an activating group) is 1. The van der Waals surface area contributed by atoms with Crippen LogP contribution in [0, 0.1) is 5.82 Å². The average molecular weight is 372 g/mol. The maximum atomic E-state index is 13.2. The zero-order valence-electron chi connectivity index (χ0n) is 13.6. The molecule has 7 nitrogen and oxygen atoms in total. The van der Waals surface area contributed by atoms with E-state index in [2.05, 4.69) is 10.6 Å². The van der Waals surface area contributed by atoms with Crippen LogP contribution in [0.3, 0.4) is 0 Å². The van der Waals surface area contributed by atoms with Crippen LogP contribution in [-0.2, 0) is 9.59 Å². The minimum absolute atomic E-state index is 0.0532. The van der Waals surface area contributed by atoms with Gasteiger partial charge in [-0.1, -0.05) is 11.6 Å². The van der Waals surface area contributed by atoms with E-state index in [1.54, 1.807) is 6.92 Å². The van der Waals surface area contributed by atoms with Crippen molar-refractivity contribution < 1.29 is 23.9 Å². The van der Waals surface area contributed by atoms with Crippen LogP contribution < -0.4 is 10.6 Å². The Labute approximate surface area is 149 Å². The molecule has 0 radical (unpaired) electrons. The topological polar surface area (TPSA) is 98.7 Å². The summed E-state index contributed by atoms with van der Waals surface area (Å²) >= 11 is 5.94. The summed E-state index contributed by atoms with van der Waals surface area (Å²) < 4.78 is 13.2. The van der Waals surface area contributed by atoms with E-state index in [4.69, 9.17) is 16.7 Å². The highest BCUT2D eigenvalue weighted by molar-refractivity contribution is 6.33. The molecule has 9 heteroatoms. The number of benzene rings is 1. The maximum Gasteiger partial charge on any atom is 0.256 e. The number of aliphatic hydroxyl groups is 1. The normalized spacial score (nSPS) is 19.6. The van der Waals surface area contributed by atoms with Gasteiger partial charge in [0.25, 0.3) is 5.91 Å². The van der Waals surface area contributed by atoms with E-state index >= 15 is 0 Å². The Bertz CT molecular complexity index is 685. The summed E-state index contributed by atoms with van der Waals surface area (Å²) in [4.78, 5) is 37.7. The predicted molar refractivity (Wildman–Crippen MR) is 88.6 cm³/mol. The number of rotatable bonds is 5. The molecule has 1 fully saturated rings. The molecule has 2 rings (SSSR count). The molecule has 25 heavy (non-hydrogen) atoms. The molecule has 1 aliphatic rings. The molecule has 0 aromatic heterocycles. The minimum Gasteiger partial charge on any atom is -0.387 e. The Morgan fingerprint density at radius 3 is 2.72 bits per heavy atom. The fourth-order valence-corrected chi connectivity index (χ4v) is 3.04. The third-order valence-corrected chi connectivity index (χ3v) is 4.20. The van der Waals surface area contributed by atoms with Crippen molar-refractivity contribution in [2.45, 2.75) is 25.4 Å². The summed E-state index contributed by atoms with van der Waals surface area (Å²) in [5, 5.41) is 14.0. The van der Waals surface area contributed by atoms with Crippen molar-refractivity contribution in [1.82, 2.24) is 15.5 Å². The highest BCUT2D eigenvalue weighted by Crippen LogP contribution is 2.25. The van der Waals surface area contributed by atoms with Crippen molar-refractivity contribution in [3.63, 3.8) is 0 Å². The molecular formula is C16H19ClFN3O4. The van der Waals surface area contributed by atoms with E-state index in [1.807, 2.05) is 0 Å². The fourth-order valence-electron chi connectivity index (χ4n) is 2.80. The summed E-state index contributed by atoms with van der Waals surface area (Å²) in [7, 11) is 0. The second-order valence-corrected chi connectivity index (χ2v) is 6.06. The van der Waals surface area contributed by atoms with E-state index in [9.17, 15) is 18.8 Å². The van der Waals surface area contributed by atoms with Crippen molar-refractivity contribution in [1.29, 1.82) is 0 Å². The van der Waals surface area contributed by atoms with Crippen LogP contribution in [-0.4, -0.2) is 59.5 Å². The van der Waals surface area contributed by atoms with Gasteiger partial charge in [-0.3, -0.25) is 14.4 Å². The number of carbonyl (C=O) groups excluding carboxylic acids is 3. The smallest absolute Gasteiger partial charge is 0.256 e. The summed E-state index contributed by atoms with van der Waals surface area (Å²) in [5.41, 5.74) is 0.0755. The SMILES string of the molecule is CCNC(=O)[C@@H]1C[C@@H](NC(=O)CO)CN1C(=O)c1ccc(F)cc1Cl. The van der Waals surface area contributed by atoms with Gasteiger partial charge in [0.2, 0.25) is 11.8 Å². The summed E-state index contributed by atoms with van der Waals surface area (Å²) in [6.45, 7) is 1.54. The first kappa shape index (κ1) is 19.1. The molecule has 3 N–H and O–H groups in total. The number of amides is 3. The second kappa shape index (κ2) is 8.26. The van der Waals surface area contributed by atoms with Gasteiger partial charge >= 0.3 is 0 Å². The van der Waals surface area contributed by atoms with Crippen LogP contribution in [0.4, 0.5) is 4.39 Å². The Morgan fingerprint density at radius 2 is 2.12 bits per heavy atom. The van der Waals surface area contributed by atoms with Gasteiger partial charge in [0.1, 0.15) is 18.5 Å². The maximum absolute atomic E-state index is 13.2. The van der Waals surface area contributed by atoms with Crippen LogP contribution >= 0.6 is 11.6 Å². The molecule has 2 atom stereocenters. The molecule has 0 spiro atoms. The largest absolute Gasteiger partial charge is 0.387 e. The Balaban J connectivity index is 2.25. The van der Waals surface area contributed by atoms with Crippen LogP contribution in [0.5, 0.6) is 0 Å². The standard InChI is InChI=1S/C16H19ClFN3O4/c1-2-19-15(24)13-6-10(20-14(23)8-22)7-21(13)16(25)11-4-3-9(18)5-12(11)17/h3-5,10,13,22H,2,6-8H2,1H3,(H,19,24)(H,20,23)/t10-,13+/m1/s1. The molecule has 0 unspecified atom stereocenters. The average Bonchev–Trinajstić information content (AvgIpc) is 2.98. The minimum atomic E-state index is -0.794. The summed E-state index contributed by atoms with van der Waals surface area (Å²) in [6.07, 6.45) is 0.210. The van der Waals surface area contributed by atoms with E-state index in [-0.39, 0.29) is 29.5 Å². The number of halogens is 2. The Kier molecular flexibility index (Phi) is 6.33. The number of likely N-dealkylation sites (tertiary alicyclic amines) is 1. The van der Waals surface area contributed by atoms with Gasteiger partial charge in [-0.15, -0.1) is 0 Å². The highest BCUT2D eigenvalue weighted by atomic mass is 35.5. The molecular weight excluding hydrogens is 353 g/mol. The number of carbonyl (C=O) groups is 3. The van der Waals surface area contributed by atoms with Crippen molar-refractivity contribution in [3.05, 3.63) is 34.6 Å². The van der Waals surface area contributed by atoms with Gasteiger partial charge in [0.15, 0.2) is 0 Å². The molecule has 1 saturated heterocycles. The summed E-state index contributed by atoms with van der Waals surface area (Å²) in [5.74, 6) is -2.04. The number of hydrogen-bond acceptors (Lipinski definition) is 4. The number of nitrogens with zero attached hydrogens (tertiary/aromatic N) is 1. The third-order valence-electron chi connectivity index (χ3n) is 3.89. The molecule has 1 aliphatic heterocycles. The lowest BCUT2D eigenvalue weighted by atomic mass is 10.1. The van der Waals surface area contributed by atoms with Gasteiger partial charge in [-0.2, -0.15) is 0 Å². The first-order chi connectivity index (χ1) is 11.9. The van der Waals surface area contributed by atoms with E-state index < -0.39 is 36.3 Å². The third kappa shape index (κ3) is 4.46. The van der Waals surface area contributed by atoms with Crippen LogP contribution in [0.1, 0.15) is 23.7 Å². The highest BCUT2D eigenvalue weighted by Gasteiger charge is 2.40. The zero-order chi connectivity index (χ0) is 18.6.